The van der Waals surface area contributed by atoms with Crippen LogP contribution < -0.4 is 14.8 Å². The smallest absolute Gasteiger partial charge is 0.263 e. The predicted octanol–water partition coefficient (Wildman–Crippen LogP) is 3.74. The van der Waals surface area contributed by atoms with Gasteiger partial charge in [-0.15, -0.1) is 0 Å². The summed E-state index contributed by atoms with van der Waals surface area (Å²) >= 11 is 9.72. The van der Waals surface area contributed by atoms with E-state index < -0.39 is 0 Å². The molecule has 0 radical (unpaired) electrons. The zero-order chi connectivity index (χ0) is 15.4. The van der Waals surface area contributed by atoms with Gasteiger partial charge in [0.05, 0.1) is 18.1 Å². The van der Waals surface area contributed by atoms with Gasteiger partial charge < -0.3 is 14.8 Å². The predicted molar refractivity (Wildman–Crippen MR) is 92.8 cm³/mol. The van der Waals surface area contributed by atoms with E-state index in [9.17, 15) is 4.79 Å². The fourth-order valence-corrected chi connectivity index (χ4v) is 3.23. The maximum atomic E-state index is 11.7. The molecule has 1 aliphatic rings. The molecule has 1 saturated heterocycles. The van der Waals surface area contributed by atoms with Crippen LogP contribution in [0.15, 0.2) is 21.5 Å². The summed E-state index contributed by atoms with van der Waals surface area (Å²) in [5, 5.41) is 2.59. The Morgan fingerprint density at radius 2 is 1.90 bits per heavy atom. The van der Waals surface area contributed by atoms with Crippen LogP contribution >= 0.6 is 39.9 Å². The Hall–Kier alpha value is -1.05. The normalized spacial score (nSPS) is 16.2. The van der Waals surface area contributed by atoms with E-state index in [1.165, 1.54) is 11.8 Å². The molecule has 0 saturated carbocycles. The second-order valence-corrected chi connectivity index (χ2v) is 6.61. The van der Waals surface area contributed by atoms with Gasteiger partial charge in [0.1, 0.15) is 4.32 Å². The number of carbonyl (C=O) groups is 1. The number of nitrogens with one attached hydrogen (secondary N) is 1. The van der Waals surface area contributed by atoms with Crippen LogP contribution in [0.3, 0.4) is 0 Å². The molecule has 1 fully saturated rings. The van der Waals surface area contributed by atoms with E-state index in [0.717, 1.165) is 10.0 Å². The van der Waals surface area contributed by atoms with Crippen molar-refractivity contribution < 1.29 is 14.3 Å². The first-order chi connectivity index (χ1) is 10.0. The van der Waals surface area contributed by atoms with E-state index in [0.29, 0.717) is 33.9 Å². The van der Waals surface area contributed by atoms with Gasteiger partial charge in [-0.3, -0.25) is 4.79 Å². The molecule has 1 aromatic carbocycles. The van der Waals surface area contributed by atoms with Crippen molar-refractivity contribution >= 4 is 56.2 Å². The van der Waals surface area contributed by atoms with Crippen molar-refractivity contribution in [3.63, 3.8) is 0 Å². The highest BCUT2D eigenvalue weighted by molar-refractivity contribution is 9.10. The summed E-state index contributed by atoms with van der Waals surface area (Å²) in [5.74, 6) is 1.15. The number of hydrogen-bond donors (Lipinski definition) is 1. The Morgan fingerprint density at radius 1 is 1.29 bits per heavy atom. The van der Waals surface area contributed by atoms with Crippen molar-refractivity contribution in [2.24, 2.45) is 0 Å². The average molecular weight is 388 g/mol. The van der Waals surface area contributed by atoms with E-state index in [2.05, 4.69) is 21.2 Å². The van der Waals surface area contributed by atoms with Crippen molar-refractivity contribution in [2.75, 3.05) is 13.2 Å². The molecule has 0 spiro atoms. The van der Waals surface area contributed by atoms with Gasteiger partial charge in [0.25, 0.3) is 5.91 Å². The molecule has 1 aromatic rings. The van der Waals surface area contributed by atoms with E-state index in [1.54, 1.807) is 6.08 Å². The Balaban J connectivity index is 2.40. The van der Waals surface area contributed by atoms with Crippen LogP contribution in [-0.4, -0.2) is 23.4 Å². The molecule has 0 aromatic heterocycles. The molecule has 21 heavy (non-hydrogen) atoms. The first-order valence-electron chi connectivity index (χ1n) is 6.39. The number of halogens is 1. The molecule has 0 unspecified atom stereocenters. The minimum Gasteiger partial charge on any atom is -0.490 e. The molecule has 0 bridgehead atoms. The number of thioether (sulfide) groups is 1. The van der Waals surface area contributed by atoms with Gasteiger partial charge in [0.15, 0.2) is 11.5 Å². The molecule has 112 valence electrons. The molecule has 1 N–H and O–H groups in total. The first-order valence-corrected chi connectivity index (χ1v) is 8.41. The minimum atomic E-state index is -0.177. The van der Waals surface area contributed by atoms with Gasteiger partial charge in [-0.1, -0.05) is 39.9 Å². The third-order valence-corrected chi connectivity index (χ3v) is 4.44. The van der Waals surface area contributed by atoms with Crippen LogP contribution in [0.5, 0.6) is 11.5 Å². The van der Waals surface area contributed by atoms with Gasteiger partial charge >= 0.3 is 0 Å². The lowest BCUT2D eigenvalue weighted by Gasteiger charge is -2.13. The van der Waals surface area contributed by atoms with E-state index in [4.69, 9.17) is 21.7 Å². The zero-order valence-corrected chi connectivity index (χ0v) is 14.8. The highest BCUT2D eigenvalue weighted by Gasteiger charge is 2.22. The number of benzene rings is 1. The number of amides is 1. The third kappa shape index (κ3) is 3.99. The molecule has 0 atom stereocenters. The molecule has 4 nitrogen and oxygen atoms in total. The van der Waals surface area contributed by atoms with Crippen molar-refractivity contribution in [3.05, 3.63) is 27.1 Å². The number of hydrogen-bond acceptors (Lipinski definition) is 5. The number of rotatable bonds is 5. The monoisotopic (exact) mass is 387 g/mol. The summed E-state index contributed by atoms with van der Waals surface area (Å²) < 4.78 is 12.4. The fraction of sp³-hybridized carbons (Fsp3) is 0.286. The Labute approximate surface area is 141 Å². The largest absolute Gasteiger partial charge is 0.490 e. The van der Waals surface area contributed by atoms with E-state index >= 15 is 0 Å². The molecule has 2 rings (SSSR count). The molecule has 1 aliphatic heterocycles. The highest BCUT2D eigenvalue weighted by Crippen LogP contribution is 2.36. The van der Waals surface area contributed by atoms with E-state index in [1.807, 2.05) is 26.0 Å². The summed E-state index contributed by atoms with van der Waals surface area (Å²) in [6, 6.07) is 3.69. The molecule has 0 aliphatic carbocycles. The SMILES string of the molecule is CCOc1cc(Br)c(C=C2SC(=S)NC2=O)cc1OCC. The lowest BCUT2D eigenvalue weighted by atomic mass is 10.2. The zero-order valence-electron chi connectivity index (χ0n) is 11.6. The maximum Gasteiger partial charge on any atom is 0.263 e. The number of ether oxygens (including phenoxy) is 2. The van der Waals surface area contributed by atoms with Crippen LogP contribution in [0.2, 0.25) is 0 Å². The van der Waals surface area contributed by atoms with Crippen LogP contribution in [0.25, 0.3) is 6.08 Å². The van der Waals surface area contributed by atoms with Crippen molar-refractivity contribution in [3.8, 4) is 11.5 Å². The van der Waals surface area contributed by atoms with Crippen LogP contribution in [0.1, 0.15) is 19.4 Å². The molecule has 7 heteroatoms. The first kappa shape index (κ1) is 16.3. The molecule has 1 heterocycles. The maximum absolute atomic E-state index is 11.7. The molecular formula is C14H14BrNO3S2. The molecular weight excluding hydrogens is 374 g/mol. The standard InChI is InChI=1S/C14H14BrNO3S2/c1-3-18-10-5-8(9(15)7-11(10)19-4-2)6-12-13(17)16-14(20)21-12/h5-7H,3-4H2,1-2H3,(H,16,17,20). The summed E-state index contributed by atoms with van der Waals surface area (Å²) in [7, 11) is 0. The van der Waals surface area contributed by atoms with Crippen LogP contribution in [0.4, 0.5) is 0 Å². The van der Waals surface area contributed by atoms with Crippen molar-refractivity contribution in [1.29, 1.82) is 0 Å². The quantitative estimate of drug-likeness (QED) is 0.615. The van der Waals surface area contributed by atoms with E-state index in [-0.39, 0.29) is 5.91 Å². The number of carbonyl (C=O) groups excluding carboxylic acids is 1. The summed E-state index contributed by atoms with van der Waals surface area (Å²) in [5.41, 5.74) is 0.837. The lowest BCUT2D eigenvalue weighted by Crippen LogP contribution is -2.17. The topological polar surface area (TPSA) is 47.6 Å². The van der Waals surface area contributed by atoms with Gasteiger partial charge in [-0.25, -0.2) is 0 Å². The second-order valence-electron chi connectivity index (χ2n) is 4.04. The summed E-state index contributed by atoms with van der Waals surface area (Å²) in [6.45, 7) is 4.92. The fourth-order valence-electron chi connectivity index (χ4n) is 1.76. The van der Waals surface area contributed by atoms with Crippen LogP contribution in [-0.2, 0) is 4.79 Å². The van der Waals surface area contributed by atoms with Gasteiger partial charge in [-0.05, 0) is 37.6 Å². The minimum absolute atomic E-state index is 0.177. The van der Waals surface area contributed by atoms with Gasteiger partial charge in [0.2, 0.25) is 0 Å². The Morgan fingerprint density at radius 3 is 2.43 bits per heavy atom. The lowest BCUT2D eigenvalue weighted by molar-refractivity contribution is -0.115. The third-order valence-electron chi connectivity index (χ3n) is 2.59. The van der Waals surface area contributed by atoms with Crippen molar-refractivity contribution in [1.82, 2.24) is 5.32 Å². The van der Waals surface area contributed by atoms with Crippen LogP contribution in [0, 0.1) is 0 Å². The van der Waals surface area contributed by atoms with Gasteiger partial charge in [0, 0.05) is 4.47 Å². The van der Waals surface area contributed by atoms with Crippen molar-refractivity contribution in [2.45, 2.75) is 13.8 Å². The summed E-state index contributed by atoms with van der Waals surface area (Å²) in [4.78, 5) is 12.3. The van der Waals surface area contributed by atoms with Gasteiger partial charge in [-0.2, -0.15) is 0 Å². The highest BCUT2D eigenvalue weighted by atomic mass is 79.9. The number of thiocarbonyl (C=S) groups is 1. The average Bonchev–Trinajstić information content (AvgIpc) is 2.73. The molecule has 1 amide bonds. The Bertz CT molecular complexity index is 616. The second kappa shape index (κ2) is 7.29. The summed E-state index contributed by atoms with van der Waals surface area (Å²) in [6.07, 6.45) is 1.78. The Kier molecular flexibility index (Phi) is 5.66.